The minimum atomic E-state index is -0.448. The molecule has 1 aromatic carbocycles. The maximum atomic E-state index is 12.2. The number of benzene rings is 1. The summed E-state index contributed by atoms with van der Waals surface area (Å²) in [6.45, 7) is 6.14. The van der Waals surface area contributed by atoms with Crippen LogP contribution in [0.15, 0.2) is 36.7 Å². The standard InChI is InChI=1S/C19H22N6O3/c1-13-5-4-6-16(9-13)11-23-12-17(10-20-23)21-18(26)7-8-24-15(3)19(25(27)28)14(2)22-24/h4-6,9-10,12H,7-8,11H2,1-3H3,(H,21,26). The van der Waals surface area contributed by atoms with Gasteiger partial charge in [0.05, 0.1) is 29.9 Å². The van der Waals surface area contributed by atoms with Gasteiger partial charge in [-0.25, -0.2) is 0 Å². The Kier molecular flexibility index (Phi) is 5.53. The fourth-order valence-corrected chi connectivity index (χ4v) is 3.11. The lowest BCUT2D eigenvalue weighted by Crippen LogP contribution is -2.15. The van der Waals surface area contributed by atoms with Gasteiger partial charge >= 0.3 is 5.69 Å². The van der Waals surface area contributed by atoms with Gasteiger partial charge in [-0.2, -0.15) is 10.2 Å². The van der Waals surface area contributed by atoms with E-state index >= 15 is 0 Å². The Morgan fingerprint density at radius 1 is 1.29 bits per heavy atom. The Morgan fingerprint density at radius 3 is 2.75 bits per heavy atom. The van der Waals surface area contributed by atoms with E-state index in [0.29, 0.717) is 23.6 Å². The third-order valence-corrected chi connectivity index (χ3v) is 4.42. The van der Waals surface area contributed by atoms with Crippen molar-refractivity contribution < 1.29 is 9.72 Å². The second kappa shape index (κ2) is 8.03. The normalized spacial score (nSPS) is 10.8. The summed E-state index contributed by atoms with van der Waals surface area (Å²) in [4.78, 5) is 22.8. The molecule has 0 saturated carbocycles. The van der Waals surface area contributed by atoms with Crippen LogP contribution in [0.25, 0.3) is 0 Å². The molecule has 1 amide bonds. The molecule has 0 fully saturated rings. The Hall–Kier alpha value is -3.49. The molecule has 28 heavy (non-hydrogen) atoms. The van der Waals surface area contributed by atoms with Crippen LogP contribution in [0.1, 0.15) is 28.9 Å². The first kappa shape index (κ1) is 19.3. The van der Waals surface area contributed by atoms with Crippen molar-refractivity contribution in [3.05, 3.63) is 69.3 Å². The molecule has 3 rings (SSSR count). The Bertz CT molecular complexity index is 1020. The predicted molar refractivity (Wildman–Crippen MR) is 104 cm³/mol. The fourth-order valence-electron chi connectivity index (χ4n) is 3.11. The SMILES string of the molecule is Cc1cccc(Cn2cc(NC(=O)CCn3nc(C)c([N+](=O)[O-])c3C)cn2)c1. The largest absolute Gasteiger partial charge is 0.323 e. The highest BCUT2D eigenvalue weighted by Crippen LogP contribution is 2.22. The number of rotatable bonds is 7. The smallest absolute Gasteiger partial charge is 0.312 e. The summed E-state index contributed by atoms with van der Waals surface area (Å²) in [7, 11) is 0. The van der Waals surface area contributed by atoms with Crippen LogP contribution in [0.5, 0.6) is 0 Å². The Balaban J connectivity index is 1.57. The number of nitrogens with one attached hydrogen (secondary N) is 1. The summed E-state index contributed by atoms with van der Waals surface area (Å²) in [6, 6.07) is 8.16. The van der Waals surface area contributed by atoms with Crippen LogP contribution in [0, 0.1) is 30.9 Å². The molecule has 3 aromatic rings. The van der Waals surface area contributed by atoms with E-state index in [2.05, 4.69) is 21.6 Å². The van der Waals surface area contributed by atoms with E-state index in [1.54, 1.807) is 30.9 Å². The van der Waals surface area contributed by atoms with Gasteiger partial charge in [0, 0.05) is 12.6 Å². The van der Waals surface area contributed by atoms with Crippen molar-refractivity contribution in [3.63, 3.8) is 0 Å². The molecule has 0 spiro atoms. The first-order chi connectivity index (χ1) is 13.3. The second-order valence-corrected chi connectivity index (χ2v) is 6.71. The van der Waals surface area contributed by atoms with Crippen molar-refractivity contribution >= 4 is 17.3 Å². The third-order valence-electron chi connectivity index (χ3n) is 4.42. The van der Waals surface area contributed by atoms with Crippen LogP contribution in [-0.4, -0.2) is 30.4 Å². The summed E-state index contributed by atoms with van der Waals surface area (Å²) in [5.74, 6) is -0.203. The van der Waals surface area contributed by atoms with Crippen molar-refractivity contribution in [2.45, 2.75) is 40.3 Å². The lowest BCUT2D eigenvalue weighted by Gasteiger charge is -2.05. The van der Waals surface area contributed by atoms with E-state index in [9.17, 15) is 14.9 Å². The number of anilines is 1. The second-order valence-electron chi connectivity index (χ2n) is 6.71. The topological polar surface area (TPSA) is 108 Å². The number of hydrogen-bond acceptors (Lipinski definition) is 5. The fraction of sp³-hybridized carbons (Fsp3) is 0.316. The monoisotopic (exact) mass is 382 g/mol. The van der Waals surface area contributed by atoms with Crippen molar-refractivity contribution in [2.24, 2.45) is 0 Å². The highest BCUT2D eigenvalue weighted by atomic mass is 16.6. The molecule has 0 aliphatic rings. The number of aryl methyl sites for hydroxylation is 3. The van der Waals surface area contributed by atoms with Gasteiger partial charge in [-0.3, -0.25) is 24.3 Å². The highest BCUT2D eigenvalue weighted by Gasteiger charge is 2.21. The van der Waals surface area contributed by atoms with Crippen molar-refractivity contribution in [3.8, 4) is 0 Å². The minimum absolute atomic E-state index is 0.00201. The van der Waals surface area contributed by atoms with Gasteiger partial charge in [0.25, 0.3) is 0 Å². The van der Waals surface area contributed by atoms with E-state index in [4.69, 9.17) is 0 Å². The molecule has 0 unspecified atom stereocenters. The van der Waals surface area contributed by atoms with Crippen LogP contribution in [0.3, 0.4) is 0 Å². The summed E-state index contributed by atoms with van der Waals surface area (Å²) < 4.78 is 3.25. The van der Waals surface area contributed by atoms with Crippen LogP contribution < -0.4 is 5.32 Å². The predicted octanol–water partition coefficient (Wildman–Crippen LogP) is 2.99. The van der Waals surface area contributed by atoms with E-state index in [0.717, 1.165) is 5.56 Å². The van der Waals surface area contributed by atoms with Gasteiger partial charge in [-0.05, 0) is 26.3 Å². The average molecular weight is 382 g/mol. The van der Waals surface area contributed by atoms with Crippen LogP contribution in [-0.2, 0) is 17.9 Å². The molecule has 0 atom stereocenters. The van der Waals surface area contributed by atoms with Crippen LogP contribution in [0.4, 0.5) is 11.4 Å². The highest BCUT2D eigenvalue weighted by molar-refractivity contribution is 5.90. The number of carbonyl (C=O) groups is 1. The number of carbonyl (C=O) groups excluding carboxylic acids is 1. The number of aromatic nitrogens is 4. The zero-order valence-electron chi connectivity index (χ0n) is 16.0. The molecular weight excluding hydrogens is 360 g/mol. The van der Waals surface area contributed by atoms with E-state index in [1.165, 1.54) is 10.2 Å². The summed E-state index contributed by atoms with van der Waals surface area (Å²) in [5.41, 5.74) is 3.71. The zero-order valence-corrected chi connectivity index (χ0v) is 16.0. The van der Waals surface area contributed by atoms with Crippen LogP contribution >= 0.6 is 0 Å². The number of hydrogen-bond donors (Lipinski definition) is 1. The maximum absolute atomic E-state index is 12.2. The van der Waals surface area contributed by atoms with E-state index < -0.39 is 4.92 Å². The Labute approximate surface area is 162 Å². The van der Waals surface area contributed by atoms with Crippen molar-refractivity contribution in [1.82, 2.24) is 19.6 Å². The Morgan fingerprint density at radius 2 is 2.07 bits per heavy atom. The molecule has 0 aliphatic heterocycles. The molecule has 9 heteroatoms. The molecule has 9 nitrogen and oxygen atoms in total. The van der Waals surface area contributed by atoms with E-state index in [1.807, 2.05) is 25.1 Å². The lowest BCUT2D eigenvalue weighted by atomic mass is 10.1. The minimum Gasteiger partial charge on any atom is -0.323 e. The summed E-state index contributed by atoms with van der Waals surface area (Å²) in [6.07, 6.45) is 3.53. The number of amides is 1. The molecule has 2 heterocycles. The van der Waals surface area contributed by atoms with Crippen molar-refractivity contribution in [2.75, 3.05) is 5.32 Å². The summed E-state index contributed by atoms with van der Waals surface area (Å²) >= 11 is 0. The molecule has 0 bridgehead atoms. The zero-order chi connectivity index (χ0) is 20.3. The molecule has 1 N–H and O–H groups in total. The molecule has 146 valence electrons. The van der Waals surface area contributed by atoms with E-state index in [-0.39, 0.29) is 24.6 Å². The van der Waals surface area contributed by atoms with Gasteiger partial charge in [0.1, 0.15) is 11.4 Å². The van der Waals surface area contributed by atoms with Gasteiger partial charge < -0.3 is 5.32 Å². The maximum Gasteiger partial charge on any atom is 0.312 e. The van der Waals surface area contributed by atoms with Gasteiger partial charge in [-0.15, -0.1) is 0 Å². The molecule has 0 radical (unpaired) electrons. The first-order valence-corrected chi connectivity index (χ1v) is 8.89. The van der Waals surface area contributed by atoms with Gasteiger partial charge in [-0.1, -0.05) is 29.8 Å². The van der Waals surface area contributed by atoms with Gasteiger partial charge in [0.15, 0.2) is 0 Å². The van der Waals surface area contributed by atoms with Crippen molar-refractivity contribution in [1.29, 1.82) is 0 Å². The first-order valence-electron chi connectivity index (χ1n) is 8.89. The summed E-state index contributed by atoms with van der Waals surface area (Å²) in [5, 5.41) is 22.3. The lowest BCUT2D eigenvalue weighted by molar-refractivity contribution is -0.386. The molecule has 0 saturated heterocycles. The number of nitro groups is 1. The van der Waals surface area contributed by atoms with Gasteiger partial charge in [0.2, 0.25) is 5.91 Å². The average Bonchev–Trinajstić information content (AvgIpc) is 3.16. The molecule has 2 aromatic heterocycles. The third kappa shape index (κ3) is 4.43. The molecule has 0 aliphatic carbocycles. The number of nitrogens with zero attached hydrogens (tertiary/aromatic N) is 5. The quantitative estimate of drug-likeness (QED) is 0.499. The molecular formula is C19H22N6O3. The van der Waals surface area contributed by atoms with Crippen LogP contribution in [0.2, 0.25) is 0 Å².